The Balaban J connectivity index is 2.17. The van der Waals surface area contributed by atoms with E-state index in [4.69, 9.17) is 0 Å². The summed E-state index contributed by atoms with van der Waals surface area (Å²) in [5.74, 6) is -0.533. The SMILES string of the molecule is CCCNC(=O)c1nccnc1NC(=O)c1ccccc1. The monoisotopic (exact) mass is 284 g/mol. The molecule has 6 heteroatoms. The third-order valence-electron chi connectivity index (χ3n) is 2.72. The lowest BCUT2D eigenvalue weighted by atomic mass is 10.2. The van der Waals surface area contributed by atoms with Gasteiger partial charge in [-0.15, -0.1) is 0 Å². The topological polar surface area (TPSA) is 84.0 Å². The highest BCUT2D eigenvalue weighted by atomic mass is 16.2. The fraction of sp³-hybridized carbons (Fsp3) is 0.200. The van der Waals surface area contributed by atoms with E-state index in [2.05, 4.69) is 20.6 Å². The van der Waals surface area contributed by atoms with E-state index in [-0.39, 0.29) is 23.3 Å². The molecule has 6 nitrogen and oxygen atoms in total. The van der Waals surface area contributed by atoms with Crippen molar-refractivity contribution in [1.82, 2.24) is 15.3 Å². The number of aromatic nitrogens is 2. The average molecular weight is 284 g/mol. The van der Waals surface area contributed by atoms with E-state index >= 15 is 0 Å². The van der Waals surface area contributed by atoms with Gasteiger partial charge in [-0.1, -0.05) is 25.1 Å². The Labute approximate surface area is 122 Å². The largest absolute Gasteiger partial charge is 0.351 e. The van der Waals surface area contributed by atoms with Crippen molar-refractivity contribution in [3.05, 3.63) is 54.0 Å². The molecule has 0 saturated carbocycles. The molecule has 0 radical (unpaired) electrons. The fourth-order valence-corrected chi connectivity index (χ4v) is 1.69. The number of hydrogen-bond acceptors (Lipinski definition) is 4. The number of hydrogen-bond donors (Lipinski definition) is 2. The summed E-state index contributed by atoms with van der Waals surface area (Å²) in [5.41, 5.74) is 0.596. The minimum absolute atomic E-state index is 0.107. The minimum atomic E-state index is -0.353. The number of nitrogens with zero attached hydrogens (tertiary/aromatic N) is 2. The standard InChI is InChI=1S/C15H16N4O2/c1-2-8-18-15(21)12-13(17-10-9-16-12)19-14(20)11-6-4-3-5-7-11/h3-7,9-10H,2,8H2,1H3,(H,18,21)(H,17,19,20). The summed E-state index contributed by atoms with van der Waals surface area (Å²) in [7, 11) is 0. The molecule has 0 bridgehead atoms. The van der Waals surface area contributed by atoms with Crippen molar-refractivity contribution in [1.29, 1.82) is 0 Å². The summed E-state index contributed by atoms with van der Waals surface area (Å²) in [6.45, 7) is 2.50. The molecular formula is C15H16N4O2. The van der Waals surface area contributed by atoms with Gasteiger partial charge in [0.25, 0.3) is 11.8 Å². The molecule has 0 aliphatic rings. The second-order valence-electron chi connectivity index (χ2n) is 4.33. The summed E-state index contributed by atoms with van der Waals surface area (Å²) in [4.78, 5) is 32.1. The Morgan fingerprint density at radius 3 is 2.48 bits per heavy atom. The first-order chi connectivity index (χ1) is 10.2. The first-order valence-corrected chi connectivity index (χ1v) is 6.68. The Bertz CT molecular complexity index is 629. The molecule has 21 heavy (non-hydrogen) atoms. The molecule has 0 spiro atoms. The predicted molar refractivity (Wildman–Crippen MR) is 79.1 cm³/mol. The highest BCUT2D eigenvalue weighted by Gasteiger charge is 2.16. The van der Waals surface area contributed by atoms with Gasteiger partial charge in [0, 0.05) is 24.5 Å². The van der Waals surface area contributed by atoms with Crippen LogP contribution in [0, 0.1) is 0 Å². The van der Waals surface area contributed by atoms with Crippen LogP contribution in [-0.2, 0) is 0 Å². The molecule has 1 aromatic carbocycles. The van der Waals surface area contributed by atoms with Crippen molar-refractivity contribution in [3.63, 3.8) is 0 Å². The van der Waals surface area contributed by atoms with Crippen molar-refractivity contribution in [2.24, 2.45) is 0 Å². The van der Waals surface area contributed by atoms with Crippen molar-refractivity contribution in [3.8, 4) is 0 Å². The highest BCUT2D eigenvalue weighted by Crippen LogP contribution is 2.10. The van der Waals surface area contributed by atoms with Crippen LogP contribution in [0.25, 0.3) is 0 Å². The zero-order valence-electron chi connectivity index (χ0n) is 11.7. The van der Waals surface area contributed by atoms with Gasteiger partial charge in [0.15, 0.2) is 11.5 Å². The second-order valence-corrected chi connectivity index (χ2v) is 4.33. The maximum absolute atomic E-state index is 12.1. The van der Waals surface area contributed by atoms with Crippen LogP contribution in [0.4, 0.5) is 5.82 Å². The van der Waals surface area contributed by atoms with E-state index in [0.29, 0.717) is 12.1 Å². The number of carbonyl (C=O) groups excluding carboxylic acids is 2. The average Bonchev–Trinajstić information content (AvgIpc) is 2.54. The summed E-state index contributed by atoms with van der Waals surface area (Å²) >= 11 is 0. The van der Waals surface area contributed by atoms with Crippen LogP contribution in [0.1, 0.15) is 34.2 Å². The molecule has 108 valence electrons. The van der Waals surface area contributed by atoms with E-state index < -0.39 is 0 Å². The normalized spacial score (nSPS) is 9.95. The number of benzene rings is 1. The predicted octanol–water partition coefficient (Wildman–Crippen LogP) is 1.87. The lowest BCUT2D eigenvalue weighted by molar-refractivity contribution is 0.0949. The van der Waals surface area contributed by atoms with E-state index in [1.807, 2.05) is 13.0 Å². The molecule has 0 unspecified atom stereocenters. The molecule has 0 aliphatic carbocycles. The molecule has 1 aromatic heterocycles. The van der Waals surface area contributed by atoms with Crippen LogP contribution < -0.4 is 10.6 Å². The molecule has 2 aromatic rings. The fourth-order valence-electron chi connectivity index (χ4n) is 1.69. The molecule has 2 N–H and O–H groups in total. The highest BCUT2D eigenvalue weighted by molar-refractivity contribution is 6.07. The second kappa shape index (κ2) is 7.14. The number of anilines is 1. The van der Waals surface area contributed by atoms with Crippen molar-refractivity contribution < 1.29 is 9.59 Å². The first-order valence-electron chi connectivity index (χ1n) is 6.68. The Morgan fingerprint density at radius 1 is 1.05 bits per heavy atom. The van der Waals surface area contributed by atoms with E-state index in [0.717, 1.165) is 6.42 Å². The van der Waals surface area contributed by atoms with Gasteiger partial charge >= 0.3 is 0 Å². The zero-order valence-corrected chi connectivity index (χ0v) is 11.7. The number of nitrogens with one attached hydrogen (secondary N) is 2. The number of amides is 2. The van der Waals surface area contributed by atoms with Crippen LogP contribution in [0.3, 0.4) is 0 Å². The Kier molecular flexibility index (Phi) is 4.98. The smallest absolute Gasteiger partial charge is 0.273 e. The molecule has 1 heterocycles. The van der Waals surface area contributed by atoms with Crippen LogP contribution in [0.2, 0.25) is 0 Å². The third kappa shape index (κ3) is 3.85. The Hall–Kier alpha value is -2.76. The summed E-state index contributed by atoms with van der Waals surface area (Å²) < 4.78 is 0. The quantitative estimate of drug-likeness (QED) is 0.878. The van der Waals surface area contributed by atoms with Crippen molar-refractivity contribution in [2.45, 2.75) is 13.3 Å². The number of rotatable bonds is 5. The van der Waals surface area contributed by atoms with Crippen molar-refractivity contribution >= 4 is 17.6 Å². The minimum Gasteiger partial charge on any atom is -0.351 e. The molecule has 0 aliphatic heterocycles. The maximum Gasteiger partial charge on any atom is 0.273 e. The van der Waals surface area contributed by atoms with Crippen LogP contribution in [-0.4, -0.2) is 28.3 Å². The van der Waals surface area contributed by atoms with Gasteiger partial charge in [-0.05, 0) is 18.6 Å². The lowest BCUT2D eigenvalue weighted by Gasteiger charge is -2.09. The molecule has 0 saturated heterocycles. The van der Waals surface area contributed by atoms with Gasteiger partial charge in [0.05, 0.1) is 0 Å². The summed E-state index contributed by atoms with van der Waals surface area (Å²) in [6.07, 6.45) is 3.66. The van der Waals surface area contributed by atoms with Gasteiger partial charge in [-0.3, -0.25) is 9.59 Å². The van der Waals surface area contributed by atoms with Gasteiger partial charge < -0.3 is 10.6 Å². The molecule has 2 amide bonds. The van der Waals surface area contributed by atoms with Gasteiger partial charge in [-0.25, -0.2) is 9.97 Å². The first kappa shape index (κ1) is 14.6. The Morgan fingerprint density at radius 2 is 1.76 bits per heavy atom. The lowest BCUT2D eigenvalue weighted by Crippen LogP contribution is -2.27. The van der Waals surface area contributed by atoms with Gasteiger partial charge in [-0.2, -0.15) is 0 Å². The summed E-state index contributed by atoms with van der Waals surface area (Å²) in [5, 5.41) is 5.32. The van der Waals surface area contributed by atoms with E-state index in [1.54, 1.807) is 24.3 Å². The maximum atomic E-state index is 12.1. The van der Waals surface area contributed by atoms with Crippen molar-refractivity contribution in [2.75, 3.05) is 11.9 Å². The van der Waals surface area contributed by atoms with E-state index in [1.165, 1.54) is 12.4 Å². The van der Waals surface area contributed by atoms with Gasteiger partial charge in [0.2, 0.25) is 0 Å². The number of carbonyl (C=O) groups is 2. The van der Waals surface area contributed by atoms with Crippen LogP contribution in [0.5, 0.6) is 0 Å². The van der Waals surface area contributed by atoms with Crippen LogP contribution >= 0.6 is 0 Å². The summed E-state index contributed by atoms with van der Waals surface area (Å²) in [6, 6.07) is 8.72. The van der Waals surface area contributed by atoms with Gasteiger partial charge in [0.1, 0.15) is 0 Å². The van der Waals surface area contributed by atoms with E-state index in [9.17, 15) is 9.59 Å². The molecule has 0 atom stereocenters. The third-order valence-corrected chi connectivity index (χ3v) is 2.72. The zero-order chi connectivity index (χ0) is 15.1. The molecule has 2 rings (SSSR count). The molecular weight excluding hydrogens is 268 g/mol. The van der Waals surface area contributed by atoms with Crippen LogP contribution in [0.15, 0.2) is 42.7 Å². The molecule has 0 fully saturated rings.